The van der Waals surface area contributed by atoms with Crippen molar-refractivity contribution in [3.63, 3.8) is 0 Å². The summed E-state index contributed by atoms with van der Waals surface area (Å²) in [6, 6.07) is 14.4. The summed E-state index contributed by atoms with van der Waals surface area (Å²) in [4.78, 5) is 12.5. The predicted molar refractivity (Wildman–Crippen MR) is 108 cm³/mol. The molecule has 1 atom stereocenters. The molecule has 0 radical (unpaired) electrons. The average molecular weight is 354 g/mol. The van der Waals surface area contributed by atoms with Crippen molar-refractivity contribution < 1.29 is 9.53 Å². The molecule has 0 spiro atoms. The Kier molecular flexibility index (Phi) is 7.26. The van der Waals surface area contributed by atoms with E-state index in [0.29, 0.717) is 12.5 Å². The number of rotatable bonds is 8. The third-order valence-corrected chi connectivity index (χ3v) is 4.73. The van der Waals surface area contributed by atoms with Crippen LogP contribution in [0.25, 0.3) is 0 Å². The second-order valence-corrected chi connectivity index (χ2v) is 6.98. The van der Waals surface area contributed by atoms with Gasteiger partial charge >= 0.3 is 0 Å². The fourth-order valence-electron chi connectivity index (χ4n) is 3.04. The first-order valence-electron chi connectivity index (χ1n) is 9.60. The van der Waals surface area contributed by atoms with Crippen LogP contribution in [0.5, 0.6) is 5.75 Å². The van der Waals surface area contributed by atoms with Crippen molar-refractivity contribution >= 4 is 5.91 Å². The lowest BCUT2D eigenvalue weighted by Crippen LogP contribution is -2.36. The van der Waals surface area contributed by atoms with Gasteiger partial charge < -0.3 is 10.1 Å². The van der Waals surface area contributed by atoms with Crippen molar-refractivity contribution in [3.05, 3.63) is 64.7 Å². The molecule has 2 aromatic rings. The minimum Gasteiger partial charge on any atom is -0.481 e. The number of ether oxygens (including phenoxy) is 1. The summed E-state index contributed by atoms with van der Waals surface area (Å²) < 4.78 is 5.95. The maximum atomic E-state index is 12.5. The summed E-state index contributed by atoms with van der Waals surface area (Å²) >= 11 is 0. The van der Waals surface area contributed by atoms with Gasteiger partial charge in [-0.3, -0.25) is 4.79 Å². The number of amides is 1. The number of nitrogens with one attached hydrogen (secondary N) is 1. The maximum Gasteiger partial charge on any atom is 0.261 e. The Morgan fingerprint density at radius 2 is 1.73 bits per heavy atom. The van der Waals surface area contributed by atoms with E-state index in [1.54, 1.807) is 6.92 Å². The minimum absolute atomic E-state index is 0.0903. The maximum absolute atomic E-state index is 12.5. The Morgan fingerprint density at radius 3 is 2.38 bits per heavy atom. The Hall–Kier alpha value is -2.29. The molecule has 0 saturated carbocycles. The van der Waals surface area contributed by atoms with Gasteiger partial charge in [0.2, 0.25) is 0 Å². The average Bonchev–Trinajstić information content (AvgIpc) is 2.65. The third kappa shape index (κ3) is 5.10. The van der Waals surface area contributed by atoms with Crippen LogP contribution in [0.15, 0.2) is 42.5 Å². The number of carbonyl (C=O) groups is 1. The van der Waals surface area contributed by atoms with E-state index in [1.165, 1.54) is 16.7 Å². The van der Waals surface area contributed by atoms with Crippen LogP contribution < -0.4 is 10.1 Å². The summed E-state index contributed by atoms with van der Waals surface area (Å²) in [6.45, 7) is 10.9. The van der Waals surface area contributed by atoms with Crippen LogP contribution in [0, 0.1) is 0 Å². The van der Waals surface area contributed by atoms with E-state index in [-0.39, 0.29) is 5.91 Å². The van der Waals surface area contributed by atoms with Gasteiger partial charge in [0.05, 0.1) is 0 Å². The lowest BCUT2D eigenvalue weighted by atomic mass is 10.0. The van der Waals surface area contributed by atoms with Crippen molar-refractivity contribution in [2.45, 2.75) is 66.0 Å². The normalized spacial score (nSPS) is 12.1. The molecule has 0 aliphatic carbocycles. The molecule has 26 heavy (non-hydrogen) atoms. The van der Waals surface area contributed by atoms with Crippen LogP contribution >= 0.6 is 0 Å². The first kappa shape index (κ1) is 20.0. The fourth-order valence-corrected chi connectivity index (χ4v) is 3.04. The van der Waals surface area contributed by atoms with E-state index < -0.39 is 6.10 Å². The molecule has 0 aliphatic rings. The molecule has 2 rings (SSSR count). The molecule has 3 heteroatoms. The SMILES string of the molecule is CCc1ccc(CC)c(CNC(=O)[C@H](C)Oc2ccccc2C(C)C)c1. The van der Waals surface area contributed by atoms with Crippen molar-refractivity contribution in [1.29, 1.82) is 0 Å². The van der Waals surface area contributed by atoms with Gasteiger partial charge in [0.1, 0.15) is 5.75 Å². The zero-order chi connectivity index (χ0) is 19.1. The molecule has 0 unspecified atom stereocenters. The van der Waals surface area contributed by atoms with Crippen LogP contribution in [0.2, 0.25) is 0 Å². The monoisotopic (exact) mass is 353 g/mol. The van der Waals surface area contributed by atoms with Crippen LogP contribution in [0.4, 0.5) is 0 Å². The standard InChI is InChI=1S/C23H31NO2/c1-6-18-12-13-19(7-2)20(14-18)15-24-23(25)17(5)26-22-11-9-8-10-21(22)16(3)4/h8-14,16-17H,6-7,15H2,1-5H3,(H,24,25)/t17-/m0/s1. The smallest absolute Gasteiger partial charge is 0.261 e. The molecular formula is C23H31NO2. The molecule has 0 aromatic heterocycles. The lowest BCUT2D eigenvalue weighted by Gasteiger charge is -2.19. The number of carbonyl (C=O) groups excluding carboxylic acids is 1. The molecule has 1 amide bonds. The Labute approximate surface area is 157 Å². The van der Waals surface area contributed by atoms with Crippen LogP contribution in [-0.4, -0.2) is 12.0 Å². The summed E-state index contributed by atoms with van der Waals surface area (Å²) in [5.74, 6) is 1.05. The van der Waals surface area contributed by atoms with Gasteiger partial charge in [-0.05, 0) is 54.0 Å². The number of aryl methyl sites for hydroxylation is 2. The largest absolute Gasteiger partial charge is 0.481 e. The molecular weight excluding hydrogens is 322 g/mol. The van der Waals surface area contributed by atoms with E-state index in [4.69, 9.17) is 4.74 Å². The highest BCUT2D eigenvalue weighted by Crippen LogP contribution is 2.26. The second-order valence-electron chi connectivity index (χ2n) is 6.98. The number of benzene rings is 2. The quantitative estimate of drug-likeness (QED) is 0.724. The van der Waals surface area contributed by atoms with E-state index in [2.05, 4.69) is 51.2 Å². The topological polar surface area (TPSA) is 38.3 Å². The molecule has 0 fully saturated rings. The molecule has 0 bridgehead atoms. The Morgan fingerprint density at radius 1 is 1.00 bits per heavy atom. The first-order valence-corrected chi connectivity index (χ1v) is 9.60. The highest BCUT2D eigenvalue weighted by Gasteiger charge is 2.17. The zero-order valence-corrected chi connectivity index (χ0v) is 16.6. The summed E-state index contributed by atoms with van der Waals surface area (Å²) in [7, 11) is 0. The molecule has 1 N–H and O–H groups in total. The van der Waals surface area contributed by atoms with Gasteiger partial charge in [0.15, 0.2) is 6.10 Å². The van der Waals surface area contributed by atoms with Crippen LogP contribution in [0.3, 0.4) is 0 Å². The van der Waals surface area contributed by atoms with Crippen molar-refractivity contribution in [2.75, 3.05) is 0 Å². The number of para-hydroxylation sites is 1. The van der Waals surface area contributed by atoms with Gasteiger partial charge in [0.25, 0.3) is 5.91 Å². The van der Waals surface area contributed by atoms with E-state index in [9.17, 15) is 4.79 Å². The molecule has 0 heterocycles. The molecule has 140 valence electrons. The van der Waals surface area contributed by atoms with Crippen molar-refractivity contribution in [1.82, 2.24) is 5.32 Å². The van der Waals surface area contributed by atoms with E-state index in [1.807, 2.05) is 24.3 Å². The summed E-state index contributed by atoms with van der Waals surface area (Å²) in [5, 5.41) is 3.03. The van der Waals surface area contributed by atoms with Crippen LogP contribution in [0.1, 0.15) is 62.8 Å². The minimum atomic E-state index is -0.533. The zero-order valence-electron chi connectivity index (χ0n) is 16.6. The van der Waals surface area contributed by atoms with Gasteiger partial charge in [-0.2, -0.15) is 0 Å². The van der Waals surface area contributed by atoms with E-state index >= 15 is 0 Å². The van der Waals surface area contributed by atoms with Crippen molar-refractivity contribution in [3.8, 4) is 5.75 Å². The predicted octanol–water partition coefficient (Wildman–Crippen LogP) is 5.02. The fraction of sp³-hybridized carbons (Fsp3) is 0.435. The number of hydrogen-bond donors (Lipinski definition) is 1. The van der Waals surface area contributed by atoms with Crippen molar-refractivity contribution in [2.24, 2.45) is 0 Å². The van der Waals surface area contributed by atoms with Gasteiger partial charge in [-0.25, -0.2) is 0 Å². The highest BCUT2D eigenvalue weighted by molar-refractivity contribution is 5.80. The van der Waals surface area contributed by atoms with Gasteiger partial charge in [-0.15, -0.1) is 0 Å². The highest BCUT2D eigenvalue weighted by atomic mass is 16.5. The summed E-state index contributed by atoms with van der Waals surface area (Å²) in [6.07, 6.45) is 1.42. The third-order valence-electron chi connectivity index (χ3n) is 4.73. The molecule has 3 nitrogen and oxygen atoms in total. The van der Waals surface area contributed by atoms with Crippen LogP contribution in [-0.2, 0) is 24.2 Å². The van der Waals surface area contributed by atoms with E-state index in [0.717, 1.165) is 24.2 Å². The summed E-state index contributed by atoms with van der Waals surface area (Å²) in [5.41, 5.74) is 4.88. The second kappa shape index (κ2) is 9.42. The Bertz CT molecular complexity index is 737. The number of hydrogen-bond acceptors (Lipinski definition) is 2. The van der Waals surface area contributed by atoms with Gasteiger partial charge in [-0.1, -0.05) is 64.1 Å². The first-order chi connectivity index (χ1) is 12.5. The lowest BCUT2D eigenvalue weighted by molar-refractivity contribution is -0.127. The molecule has 2 aromatic carbocycles. The van der Waals surface area contributed by atoms with Gasteiger partial charge in [0, 0.05) is 6.54 Å². The molecule has 0 saturated heterocycles. The molecule has 0 aliphatic heterocycles. The Balaban J connectivity index is 2.02.